The van der Waals surface area contributed by atoms with E-state index in [2.05, 4.69) is 9.97 Å². The van der Waals surface area contributed by atoms with Crippen molar-refractivity contribution in [3.05, 3.63) is 17.5 Å². The number of nitrogen functional groups attached to an aromatic ring is 1. The minimum absolute atomic E-state index is 0.143. The van der Waals surface area contributed by atoms with Gasteiger partial charge >= 0.3 is 0 Å². The first-order valence-electron chi connectivity index (χ1n) is 2.90. The fraction of sp³-hybridized carbons (Fsp3) is 0.167. The Labute approximate surface area is 68.4 Å². The van der Waals surface area contributed by atoms with Crippen LogP contribution < -0.4 is 5.73 Å². The summed E-state index contributed by atoms with van der Waals surface area (Å²) in [7, 11) is 0. The third kappa shape index (κ3) is 1.65. The highest BCUT2D eigenvalue weighted by atomic mass is 35.5. The van der Waals surface area contributed by atoms with Crippen LogP contribution in [0.2, 0.25) is 0 Å². The van der Waals surface area contributed by atoms with Gasteiger partial charge in [0.05, 0.1) is 11.3 Å². The Morgan fingerprint density at radius 2 is 2.36 bits per heavy atom. The number of carbonyl (C=O) groups is 1. The van der Waals surface area contributed by atoms with Crippen molar-refractivity contribution in [2.45, 2.75) is 6.92 Å². The molecule has 0 spiro atoms. The summed E-state index contributed by atoms with van der Waals surface area (Å²) in [4.78, 5) is 18.0. The molecule has 0 saturated heterocycles. The van der Waals surface area contributed by atoms with E-state index in [4.69, 9.17) is 17.3 Å². The van der Waals surface area contributed by atoms with Crippen LogP contribution in [0.15, 0.2) is 6.20 Å². The van der Waals surface area contributed by atoms with Crippen LogP contribution in [0.5, 0.6) is 0 Å². The molecule has 1 aromatic heterocycles. The first kappa shape index (κ1) is 7.94. The molecule has 5 heteroatoms. The predicted molar refractivity (Wildman–Crippen MR) is 41.4 cm³/mol. The van der Waals surface area contributed by atoms with E-state index in [0.717, 1.165) is 0 Å². The number of nitrogens with two attached hydrogens (primary N) is 1. The number of rotatable bonds is 1. The molecular weight excluding hydrogens is 166 g/mol. The van der Waals surface area contributed by atoms with E-state index < -0.39 is 5.24 Å². The van der Waals surface area contributed by atoms with E-state index in [9.17, 15) is 4.79 Å². The Morgan fingerprint density at radius 1 is 1.73 bits per heavy atom. The Morgan fingerprint density at radius 3 is 2.82 bits per heavy atom. The molecule has 0 aromatic carbocycles. The summed E-state index contributed by atoms with van der Waals surface area (Å²) in [6.07, 6.45) is 1.31. The third-order valence-corrected chi connectivity index (χ3v) is 1.41. The lowest BCUT2D eigenvalue weighted by atomic mass is 10.3. The lowest BCUT2D eigenvalue weighted by Gasteiger charge is -1.97. The Bertz CT molecular complexity index is 300. The highest BCUT2D eigenvalue weighted by Crippen LogP contribution is 2.07. The topological polar surface area (TPSA) is 68.9 Å². The number of aromatic nitrogens is 2. The van der Waals surface area contributed by atoms with E-state index >= 15 is 0 Å². The van der Waals surface area contributed by atoms with Crippen molar-refractivity contribution in [3.8, 4) is 0 Å². The van der Waals surface area contributed by atoms with Crippen LogP contribution in [0.25, 0.3) is 0 Å². The van der Waals surface area contributed by atoms with Gasteiger partial charge in [0.1, 0.15) is 0 Å². The van der Waals surface area contributed by atoms with Gasteiger partial charge in [0.2, 0.25) is 5.95 Å². The van der Waals surface area contributed by atoms with Gasteiger partial charge in [0.25, 0.3) is 5.24 Å². The zero-order chi connectivity index (χ0) is 8.43. The number of nitrogens with zero attached hydrogens (tertiary/aromatic N) is 2. The summed E-state index contributed by atoms with van der Waals surface area (Å²) in [6.45, 7) is 1.65. The molecule has 0 aliphatic carbocycles. The van der Waals surface area contributed by atoms with Crippen molar-refractivity contribution in [1.82, 2.24) is 9.97 Å². The van der Waals surface area contributed by atoms with Crippen molar-refractivity contribution >= 4 is 22.8 Å². The molecule has 1 rings (SSSR count). The molecule has 2 N–H and O–H groups in total. The smallest absolute Gasteiger partial charge is 0.255 e. The Hall–Kier alpha value is -1.16. The summed E-state index contributed by atoms with van der Waals surface area (Å²) in [5.74, 6) is 0.143. The average Bonchev–Trinajstić information content (AvgIpc) is 1.85. The maximum absolute atomic E-state index is 10.6. The summed E-state index contributed by atoms with van der Waals surface area (Å²) in [5, 5.41) is -0.567. The molecule has 0 aliphatic heterocycles. The maximum Gasteiger partial charge on any atom is 0.255 e. The van der Waals surface area contributed by atoms with Crippen LogP contribution in [-0.4, -0.2) is 15.2 Å². The molecule has 4 nitrogen and oxygen atoms in total. The first-order valence-corrected chi connectivity index (χ1v) is 3.28. The quantitative estimate of drug-likeness (QED) is 0.633. The second-order valence-corrected chi connectivity index (χ2v) is 2.34. The van der Waals surface area contributed by atoms with Crippen LogP contribution >= 0.6 is 11.6 Å². The fourth-order valence-corrected chi connectivity index (χ4v) is 0.864. The zero-order valence-corrected chi connectivity index (χ0v) is 6.59. The van der Waals surface area contributed by atoms with Crippen molar-refractivity contribution in [2.75, 3.05) is 5.73 Å². The minimum atomic E-state index is -0.567. The van der Waals surface area contributed by atoms with Crippen molar-refractivity contribution in [1.29, 1.82) is 0 Å². The fourth-order valence-electron chi connectivity index (χ4n) is 0.678. The number of carbonyl (C=O) groups excluding carboxylic acids is 1. The number of aryl methyl sites for hydroxylation is 1. The van der Waals surface area contributed by atoms with Gasteiger partial charge in [0, 0.05) is 6.20 Å². The normalized spacial score (nSPS) is 9.64. The molecule has 0 saturated carbocycles. The second-order valence-electron chi connectivity index (χ2n) is 2.00. The van der Waals surface area contributed by atoms with Gasteiger partial charge in [-0.05, 0) is 18.5 Å². The minimum Gasteiger partial charge on any atom is -0.368 e. The molecule has 1 heterocycles. The van der Waals surface area contributed by atoms with E-state index in [0.29, 0.717) is 11.3 Å². The van der Waals surface area contributed by atoms with E-state index in [1.165, 1.54) is 6.20 Å². The standard InChI is InChI=1S/C6H6ClN3O/c1-3-4(5(7)11)2-9-6(8)10-3/h2H,1H3,(H2,8,9,10). The number of hydrogen-bond acceptors (Lipinski definition) is 4. The lowest BCUT2D eigenvalue weighted by Crippen LogP contribution is -2.02. The van der Waals surface area contributed by atoms with Gasteiger partial charge in [-0.25, -0.2) is 9.97 Å². The van der Waals surface area contributed by atoms with Gasteiger partial charge < -0.3 is 5.73 Å². The zero-order valence-electron chi connectivity index (χ0n) is 5.84. The molecule has 0 unspecified atom stereocenters. The van der Waals surface area contributed by atoms with Crippen LogP contribution in [0.1, 0.15) is 16.1 Å². The molecule has 0 amide bonds. The van der Waals surface area contributed by atoms with Gasteiger partial charge in [-0.2, -0.15) is 0 Å². The van der Waals surface area contributed by atoms with Crippen molar-refractivity contribution < 1.29 is 4.79 Å². The SMILES string of the molecule is Cc1nc(N)ncc1C(=O)Cl. The Kier molecular flexibility index (Phi) is 2.05. The Balaban J connectivity index is 3.20. The van der Waals surface area contributed by atoms with Crippen LogP contribution in [0.4, 0.5) is 5.95 Å². The van der Waals surface area contributed by atoms with Gasteiger partial charge in [0.15, 0.2) is 0 Å². The number of halogens is 1. The average molecular weight is 172 g/mol. The third-order valence-electron chi connectivity index (χ3n) is 1.21. The van der Waals surface area contributed by atoms with Gasteiger partial charge in [-0.3, -0.25) is 4.79 Å². The molecule has 0 aliphatic rings. The number of hydrogen-bond donors (Lipinski definition) is 1. The van der Waals surface area contributed by atoms with Crippen LogP contribution in [-0.2, 0) is 0 Å². The van der Waals surface area contributed by atoms with E-state index in [-0.39, 0.29) is 5.95 Å². The molecule has 0 fully saturated rings. The van der Waals surface area contributed by atoms with Gasteiger partial charge in [-0.15, -0.1) is 0 Å². The molecule has 58 valence electrons. The summed E-state index contributed by atoms with van der Waals surface area (Å²) in [5.41, 5.74) is 6.04. The maximum atomic E-state index is 10.6. The second kappa shape index (κ2) is 2.84. The monoisotopic (exact) mass is 171 g/mol. The highest BCUT2D eigenvalue weighted by molar-refractivity contribution is 6.67. The lowest BCUT2D eigenvalue weighted by molar-refractivity contribution is 0.108. The van der Waals surface area contributed by atoms with Crippen LogP contribution in [0.3, 0.4) is 0 Å². The summed E-state index contributed by atoms with van der Waals surface area (Å²) < 4.78 is 0. The summed E-state index contributed by atoms with van der Waals surface area (Å²) >= 11 is 5.20. The van der Waals surface area contributed by atoms with E-state index in [1.807, 2.05) is 0 Å². The molecule has 0 bridgehead atoms. The molecule has 1 aromatic rings. The highest BCUT2D eigenvalue weighted by Gasteiger charge is 2.06. The van der Waals surface area contributed by atoms with Crippen molar-refractivity contribution in [3.63, 3.8) is 0 Å². The van der Waals surface area contributed by atoms with Gasteiger partial charge in [-0.1, -0.05) is 0 Å². The molecule has 11 heavy (non-hydrogen) atoms. The largest absolute Gasteiger partial charge is 0.368 e. The van der Waals surface area contributed by atoms with Crippen molar-refractivity contribution in [2.24, 2.45) is 0 Å². The number of anilines is 1. The molecule has 0 radical (unpaired) electrons. The molecular formula is C6H6ClN3O. The summed E-state index contributed by atoms with van der Waals surface area (Å²) in [6, 6.07) is 0. The predicted octanol–water partition coefficient (Wildman–Crippen LogP) is 0.746. The first-order chi connectivity index (χ1) is 5.11. The van der Waals surface area contributed by atoms with Crippen LogP contribution in [0, 0.1) is 6.92 Å². The van der Waals surface area contributed by atoms with E-state index in [1.54, 1.807) is 6.92 Å². The molecule has 0 atom stereocenters.